The van der Waals surface area contributed by atoms with Crippen molar-refractivity contribution < 1.29 is 9.53 Å². The summed E-state index contributed by atoms with van der Waals surface area (Å²) in [4.78, 5) is 11.7. The van der Waals surface area contributed by atoms with Crippen LogP contribution >= 0.6 is 0 Å². The van der Waals surface area contributed by atoms with Gasteiger partial charge in [-0.05, 0) is 18.4 Å². The number of hydrogen-bond acceptors (Lipinski definition) is 3. The van der Waals surface area contributed by atoms with Gasteiger partial charge in [-0.1, -0.05) is 44.2 Å². The number of benzene rings is 1. The van der Waals surface area contributed by atoms with Gasteiger partial charge in [-0.25, -0.2) is 0 Å². The molecule has 0 saturated carbocycles. The standard InChI is InChI=1S/C15H24N2O2/c1-11(2)14(16)15(18)17-12(3)9-19-10-13-7-5-4-6-8-13/h4-8,11-12,14H,9-10,16H2,1-3H3,(H,17,18)/t12?,14-/m0/s1. The highest BCUT2D eigenvalue weighted by Crippen LogP contribution is 2.02. The quantitative estimate of drug-likeness (QED) is 0.787. The molecule has 0 spiro atoms. The van der Waals surface area contributed by atoms with Gasteiger partial charge in [-0.2, -0.15) is 0 Å². The van der Waals surface area contributed by atoms with E-state index in [1.165, 1.54) is 0 Å². The molecule has 0 aliphatic heterocycles. The Balaban J connectivity index is 2.25. The molecule has 1 rings (SSSR count). The monoisotopic (exact) mass is 264 g/mol. The second kappa shape index (κ2) is 7.92. The van der Waals surface area contributed by atoms with Crippen LogP contribution in [0.4, 0.5) is 0 Å². The van der Waals surface area contributed by atoms with Gasteiger partial charge in [0.25, 0.3) is 0 Å². The van der Waals surface area contributed by atoms with E-state index in [1.807, 2.05) is 51.1 Å². The molecule has 0 fully saturated rings. The molecule has 0 heterocycles. The zero-order chi connectivity index (χ0) is 14.3. The number of amides is 1. The molecule has 1 aromatic rings. The molecular formula is C15H24N2O2. The van der Waals surface area contributed by atoms with Crippen LogP contribution in [0.2, 0.25) is 0 Å². The van der Waals surface area contributed by atoms with Crippen LogP contribution in [0.25, 0.3) is 0 Å². The molecule has 1 aromatic carbocycles. The molecule has 2 atom stereocenters. The molecule has 4 nitrogen and oxygen atoms in total. The molecule has 1 amide bonds. The lowest BCUT2D eigenvalue weighted by Gasteiger charge is -2.19. The number of ether oxygens (including phenoxy) is 1. The second-order valence-corrected chi connectivity index (χ2v) is 5.18. The molecule has 4 heteroatoms. The third-order valence-electron chi connectivity index (χ3n) is 2.89. The zero-order valence-electron chi connectivity index (χ0n) is 11.9. The number of nitrogens with one attached hydrogen (secondary N) is 1. The first-order valence-electron chi connectivity index (χ1n) is 6.68. The van der Waals surface area contributed by atoms with Crippen LogP contribution in [0.15, 0.2) is 30.3 Å². The minimum atomic E-state index is -0.462. The van der Waals surface area contributed by atoms with E-state index < -0.39 is 6.04 Å². The second-order valence-electron chi connectivity index (χ2n) is 5.18. The van der Waals surface area contributed by atoms with Crippen LogP contribution in [-0.2, 0) is 16.1 Å². The lowest BCUT2D eigenvalue weighted by Crippen LogP contribution is -2.48. The Morgan fingerprint density at radius 3 is 2.47 bits per heavy atom. The van der Waals surface area contributed by atoms with Gasteiger partial charge in [0, 0.05) is 6.04 Å². The fraction of sp³-hybridized carbons (Fsp3) is 0.533. The van der Waals surface area contributed by atoms with Crippen molar-refractivity contribution in [3.63, 3.8) is 0 Å². The summed E-state index contributed by atoms with van der Waals surface area (Å²) in [5, 5.41) is 2.86. The molecule has 0 bridgehead atoms. The summed E-state index contributed by atoms with van der Waals surface area (Å²) >= 11 is 0. The summed E-state index contributed by atoms with van der Waals surface area (Å²) in [6.07, 6.45) is 0. The van der Waals surface area contributed by atoms with Gasteiger partial charge in [0.15, 0.2) is 0 Å². The maximum Gasteiger partial charge on any atom is 0.237 e. The number of nitrogens with two attached hydrogens (primary N) is 1. The Morgan fingerprint density at radius 2 is 1.89 bits per heavy atom. The summed E-state index contributed by atoms with van der Waals surface area (Å²) < 4.78 is 5.57. The Bertz CT molecular complexity index is 379. The molecule has 0 aliphatic carbocycles. The Kier molecular flexibility index (Phi) is 6.53. The summed E-state index contributed by atoms with van der Waals surface area (Å²) in [5.74, 6) is 0.0169. The lowest BCUT2D eigenvalue weighted by atomic mass is 10.0. The highest BCUT2D eigenvalue weighted by Gasteiger charge is 2.18. The third kappa shape index (κ3) is 5.85. The molecule has 1 unspecified atom stereocenters. The maximum atomic E-state index is 11.7. The lowest BCUT2D eigenvalue weighted by molar-refractivity contribution is -0.124. The molecule has 0 radical (unpaired) electrons. The Morgan fingerprint density at radius 1 is 1.26 bits per heavy atom. The fourth-order valence-electron chi connectivity index (χ4n) is 1.61. The van der Waals surface area contributed by atoms with Crippen LogP contribution in [0, 0.1) is 5.92 Å². The predicted molar refractivity (Wildman–Crippen MR) is 76.5 cm³/mol. The Labute approximate surface area is 115 Å². The Hall–Kier alpha value is -1.39. The van der Waals surface area contributed by atoms with E-state index in [0.29, 0.717) is 13.2 Å². The molecule has 0 aromatic heterocycles. The number of rotatable bonds is 7. The summed E-state index contributed by atoms with van der Waals surface area (Å²) in [6.45, 7) is 6.81. The summed E-state index contributed by atoms with van der Waals surface area (Å²) in [5.41, 5.74) is 6.90. The molecule has 19 heavy (non-hydrogen) atoms. The van der Waals surface area contributed by atoms with E-state index in [0.717, 1.165) is 5.56 Å². The van der Waals surface area contributed by atoms with Gasteiger partial charge in [-0.3, -0.25) is 4.79 Å². The first kappa shape index (κ1) is 15.7. The van der Waals surface area contributed by atoms with Gasteiger partial charge >= 0.3 is 0 Å². The van der Waals surface area contributed by atoms with Gasteiger partial charge in [-0.15, -0.1) is 0 Å². The minimum absolute atomic E-state index is 0.0407. The van der Waals surface area contributed by atoms with Gasteiger partial charge in [0.05, 0.1) is 19.3 Å². The van der Waals surface area contributed by atoms with E-state index in [4.69, 9.17) is 10.5 Å². The predicted octanol–water partition coefficient (Wildman–Crippen LogP) is 1.69. The average molecular weight is 264 g/mol. The van der Waals surface area contributed by atoms with Crippen molar-refractivity contribution in [2.24, 2.45) is 11.7 Å². The highest BCUT2D eigenvalue weighted by atomic mass is 16.5. The van der Waals surface area contributed by atoms with E-state index >= 15 is 0 Å². The largest absolute Gasteiger partial charge is 0.375 e. The zero-order valence-corrected chi connectivity index (χ0v) is 11.9. The van der Waals surface area contributed by atoms with E-state index in [9.17, 15) is 4.79 Å². The van der Waals surface area contributed by atoms with Crippen molar-refractivity contribution >= 4 is 5.91 Å². The van der Waals surface area contributed by atoms with Crippen molar-refractivity contribution in [1.29, 1.82) is 0 Å². The maximum absolute atomic E-state index is 11.7. The van der Waals surface area contributed by atoms with Crippen LogP contribution in [0.1, 0.15) is 26.3 Å². The van der Waals surface area contributed by atoms with Gasteiger partial charge in [0.2, 0.25) is 5.91 Å². The van der Waals surface area contributed by atoms with E-state index in [-0.39, 0.29) is 17.9 Å². The highest BCUT2D eigenvalue weighted by molar-refractivity contribution is 5.81. The van der Waals surface area contributed by atoms with Crippen LogP contribution in [0.3, 0.4) is 0 Å². The summed E-state index contributed by atoms with van der Waals surface area (Å²) in [6, 6.07) is 9.45. The molecular weight excluding hydrogens is 240 g/mol. The molecule has 0 aliphatic rings. The van der Waals surface area contributed by atoms with Crippen LogP contribution < -0.4 is 11.1 Å². The normalized spacial score (nSPS) is 14.2. The first-order valence-corrected chi connectivity index (χ1v) is 6.68. The van der Waals surface area contributed by atoms with Crippen molar-refractivity contribution in [3.05, 3.63) is 35.9 Å². The minimum Gasteiger partial charge on any atom is -0.375 e. The van der Waals surface area contributed by atoms with E-state index in [1.54, 1.807) is 0 Å². The fourth-order valence-corrected chi connectivity index (χ4v) is 1.61. The average Bonchev–Trinajstić information content (AvgIpc) is 2.38. The smallest absolute Gasteiger partial charge is 0.237 e. The molecule has 106 valence electrons. The first-order chi connectivity index (χ1) is 9.00. The van der Waals surface area contributed by atoms with Gasteiger partial charge < -0.3 is 15.8 Å². The number of carbonyl (C=O) groups is 1. The topological polar surface area (TPSA) is 64.3 Å². The van der Waals surface area contributed by atoms with E-state index in [2.05, 4.69) is 5.32 Å². The van der Waals surface area contributed by atoms with Crippen molar-refractivity contribution in [3.8, 4) is 0 Å². The summed E-state index contributed by atoms with van der Waals surface area (Å²) in [7, 11) is 0. The van der Waals surface area contributed by atoms with Crippen LogP contribution in [-0.4, -0.2) is 24.6 Å². The third-order valence-corrected chi connectivity index (χ3v) is 2.89. The SMILES string of the molecule is CC(COCc1ccccc1)NC(=O)[C@@H](N)C(C)C. The molecule has 3 N–H and O–H groups in total. The van der Waals surface area contributed by atoms with Crippen molar-refractivity contribution in [2.45, 2.75) is 39.5 Å². The number of hydrogen-bond donors (Lipinski definition) is 2. The van der Waals surface area contributed by atoms with Gasteiger partial charge in [0.1, 0.15) is 0 Å². The van der Waals surface area contributed by atoms with Crippen molar-refractivity contribution in [2.75, 3.05) is 6.61 Å². The molecule has 0 saturated heterocycles. The van der Waals surface area contributed by atoms with Crippen molar-refractivity contribution in [1.82, 2.24) is 5.32 Å². The number of carbonyl (C=O) groups excluding carboxylic acids is 1. The van der Waals surface area contributed by atoms with Crippen LogP contribution in [0.5, 0.6) is 0 Å².